The number of rotatable bonds is 9. The fourth-order valence-corrected chi connectivity index (χ4v) is 3.26. The van der Waals surface area contributed by atoms with Gasteiger partial charge in [0.15, 0.2) is 17.2 Å². The molecule has 37 heavy (non-hydrogen) atoms. The van der Waals surface area contributed by atoms with Crippen LogP contribution < -0.4 is 25.4 Å². The summed E-state index contributed by atoms with van der Waals surface area (Å²) in [6, 6.07) is 6.31. The van der Waals surface area contributed by atoms with E-state index in [4.69, 9.17) is 19.9 Å². The molecule has 1 amide bonds. The highest BCUT2D eigenvalue weighted by molar-refractivity contribution is 5.98. The number of aromatic nitrogens is 2. The minimum atomic E-state index is -0.676. The minimum Gasteiger partial charge on any atom is -0.493 e. The van der Waals surface area contributed by atoms with E-state index in [0.29, 0.717) is 39.6 Å². The first kappa shape index (κ1) is 26.8. The third-order valence-electron chi connectivity index (χ3n) is 5.28. The van der Waals surface area contributed by atoms with Crippen molar-refractivity contribution < 1.29 is 28.9 Å². The predicted octanol–water partition coefficient (Wildman–Crippen LogP) is 2.65. The zero-order valence-electron chi connectivity index (χ0n) is 20.8. The fraction of sp³-hybridized carbons (Fsp3) is 0.192. The number of hydrogen-bond acceptors (Lipinski definition) is 10. The summed E-state index contributed by atoms with van der Waals surface area (Å²) in [5.74, 6) is -0.136. The van der Waals surface area contributed by atoms with Crippen molar-refractivity contribution in [3.8, 4) is 17.2 Å². The van der Waals surface area contributed by atoms with Gasteiger partial charge in [-0.1, -0.05) is 0 Å². The number of hydrogen-bond donors (Lipinski definition) is 3. The second kappa shape index (κ2) is 12.3. The van der Waals surface area contributed by atoms with Crippen molar-refractivity contribution in [2.24, 2.45) is 5.10 Å². The number of anilines is 1. The quantitative estimate of drug-likeness (QED) is 0.131. The van der Waals surface area contributed by atoms with Crippen LogP contribution >= 0.6 is 0 Å². The van der Waals surface area contributed by atoms with Crippen LogP contribution in [-0.4, -0.2) is 47.4 Å². The first-order chi connectivity index (χ1) is 17.8. The summed E-state index contributed by atoms with van der Waals surface area (Å²) < 4.78 is 16.2. The molecule has 3 aromatic rings. The number of nitrogens with zero attached hydrogens (tertiary/aromatic N) is 3. The molecule has 0 bridgehead atoms. The van der Waals surface area contributed by atoms with Gasteiger partial charge in [0, 0.05) is 58.2 Å². The van der Waals surface area contributed by atoms with Gasteiger partial charge in [0.25, 0.3) is 5.91 Å². The molecule has 0 unspecified atom stereocenters. The summed E-state index contributed by atoms with van der Waals surface area (Å²) in [5, 5.41) is 13.8. The standard InChI is InChI=1S/C26H27N5O6/c1-15(9-18-10-22(35-3)23(36-4)11-21(18)27)26(34)37-24-16(2)29-12-19(14-32)20(24)13-30-31-25(33)17-5-7-28-8-6-17/h5-13,32H,14,27H2,1-4H3,(H,31,33)/b15-9+,30-13+. The molecule has 0 saturated heterocycles. The van der Waals surface area contributed by atoms with Crippen LogP contribution in [0.2, 0.25) is 0 Å². The normalized spacial score (nSPS) is 11.3. The Labute approximate surface area is 213 Å². The first-order valence-corrected chi connectivity index (χ1v) is 11.0. The maximum absolute atomic E-state index is 13.0. The van der Waals surface area contributed by atoms with Crippen molar-refractivity contribution >= 4 is 29.9 Å². The van der Waals surface area contributed by atoms with E-state index in [1.807, 2.05) is 0 Å². The van der Waals surface area contributed by atoms with Gasteiger partial charge >= 0.3 is 5.97 Å². The molecule has 0 aliphatic rings. The van der Waals surface area contributed by atoms with Gasteiger partial charge < -0.3 is 25.1 Å². The molecule has 192 valence electrons. The Bertz CT molecular complexity index is 1360. The van der Waals surface area contributed by atoms with Gasteiger partial charge in [0.05, 0.1) is 32.7 Å². The number of methoxy groups -OCH3 is 2. The third kappa shape index (κ3) is 6.47. The maximum Gasteiger partial charge on any atom is 0.339 e. The van der Waals surface area contributed by atoms with Crippen molar-refractivity contribution in [3.05, 3.63) is 76.4 Å². The second-order valence-corrected chi connectivity index (χ2v) is 7.76. The highest BCUT2D eigenvalue weighted by Crippen LogP contribution is 2.33. The molecule has 2 heterocycles. The first-order valence-electron chi connectivity index (χ1n) is 11.0. The molecule has 0 aliphatic carbocycles. The SMILES string of the molecule is COc1cc(N)c(/C=C(\C)C(=O)Oc2c(C)ncc(CO)c2/C=N/NC(=O)c2ccncc2)cc1OC. The van der Waals surface area contributed by atoms with Crippen molar-refractivity contribution in [3.63, 3.8) is 0 Å². The van der Waals surface area contributed by atoms with Gasteiger partial charge in [-0.05, 0) is 38.1 Å². The van der Waals surface area contributed by atoms with Gasteiger partial charge in [-0.15, -0.1) is 0 Å². The van der Waals surface area contributed by atoms with Gasteiger partial charge in [-0.25, -0.2) is 10.2 Å². The largest absolute Gasteiger partial charge is 0.493 e. The van der Waals surface area contributed by atoms with Crippen molar-refractivity contribution in [2.45, 2.75) is 20.5 Å². The van der Waals surface area contributed by atoms with E-state index in [1.165, 1.54) is 51.2 Å². The van der Waals surface area contributed by atoms with E-state index in [9.17, 15) is 14.7 Å². The lowest BCUT2D eigenvalue weighted by molar-refractivity contribution is -0.130. The summed E-state index contributed by atoms with van der Waals surface area (Å²) in [7, 11) is 2.99. The Morgan fingerprint density at radius 3 is 2.49 bits per heavy atom. The van der Waals surface area contributed by atoms with E-state index >= 15 is 0 Å². The summed E-state index contributed by atoms with van der Waals surface area (Å²) in [4.78, 5) is 33.3. The van der Waals surface area contributed by atoms with Gasteiger partial charge in [-0.2, -0.15) is 5.10 Å². The lowest BCUT2D eigenvalue weighted by Crippen LogP contribution is -2.18. The molecule has 4 N–H and O–H groups in total. The topological polar surface area (TPSA) is 158 Å². The summed E-state index contributed by atoms with van der Waals surface area (Å²) in [5.41, 5.74) is 11.0. The molecule has 1 aromatic carbocycles. The number of ether oxygens (including phenoxy) is 3. The van der Waals surface area contributed by atoms with E-state index in [1.54, 1.807) is 32.1 Å². The number of benzene rings is 1. The van der Waals surface area contributed by atoms with Crippen LogP contribution in [0.1, 0.15) is 39.7 Å². The number of pyridine rings is 2. The number of hydrazone groups is 1. The Balaban J connectivity index is 1.87. The number of nitrogens with two attached hydrogens (primary N) is 1. The Hall–Kier alpha value is -4.77. The van der Waals surface area contributed by atoms with Crippen LogP contribution in [0.5, 0.6) is 17.2 Å². The number of nitrogen functional groups attached to an aromatic ring is 1. The Morgan fingerprint density at radius 2 is 1.84 bits per heavy atom. The van der Waals surface area contributed by atoms with E-state index in [2.05, 4.69) is 20.5 Å². The Kier molecular flexibility index (Phi) is 8.90. The van der Waals surface area contributed by atoms with Gasteiger partial charge in [-0.3, -0.25) is 14.8 Å². The van der Waals surface area contributed by atoms with Crippen LogP contribution in [-0.2, 0) is 11.4 Å². The van der Waals surface area contributed by atoms with Crippen LogP contribution in [0, 0.1) is 6.92 Å². The molecule has 0 aliphatic heterocycles. The van der Waals surface area contributed by atoms with E-state index in [-0.39, 0.29) is 16.9 Å². The Morgan fingerprint density at radius 1 is 1.16 bits per heavy atom. The summed E-state index contributed by atoms with van der Waals surface area (Å²) in [6.07, 6.45) is 7.25. The van der Waals surface area contributed by atoms with Crippen LogP contribution in [0.15, 0.2) is 53.5 Å². The maximum atomic E-state index is 13.0. The number of amides is 1. The average Bonchev–Trinajstić information content (AvgIpc) is 2.91. The number of nitrogens with one attached hydrogen (secondary N) is 1. The molecular weight excluding hydrogens is 478 g/mol. The van der Waals surface area contributed by atoms with E-state index < -0.39 is 18.5 Å². The van der Waals surface area contributed by atoms with Crippen LogP contribution in [0.4, 0.5) is 5.69 Å². The molecule has 11 nitrogen and oxygen atoms in total. The smallest absolute Gasteiger partial charge is 0.339 e. The minimum absolute atomic E-state index is 0.0893. The molecule has 0 spiro atoms. The molecule has 2 aromatic heterocycles. The lowest BCUT2D eigenvalue weighted by Gasteiger charge is -2.14. The number of aliphatic hydroxyl groups is 1. The molecular formula is C26H27N5O6. The third-order valence-corrected chi connectivity index (χ3v) is 5.28. The number of aliphatic hydroxyl groups excluding tert-OH is 1. The lowest BCUT2D eigenvalue weighted by atomic mass is 10.1. The highest BCUT2D eigenvalue weighted by atomic mass is 16.5. The second-order valence-electron chi connectivity index (χ2n) is 7.76. The number of esters is 1. The monoisotopic (exact) mass is 505 g/mol. The van der Waals surface area contributed by atoms with Gasteiger partial charge in [0.2, 0.25) is 0 Å². The fourth-order valence-electron chi connectivity index (χ4n) is 3.26. The van der Waals surface area contributed by atoms with Crippen LogP contribution in [0.3, 0.4) is 0 Å². The molecule has 0 radical (unpaired) electrons. The van der Waals surface area contributed by atoms with E-state index in [0.717, 1.165) is 0 Å². The average molecular weight is 506 g/mol. The van der Waals surface area contributed by atoms with Crippen molar-refractivity contribution in [1.82, 2.24) is 15.4 Å². The summed E-state index contributed by atoms with van der Waals surface area (Å²) in [6.45, 7) is 2.82. The van der Waals surface area contributed by atoms with Gasteiger partial charge in [0.1, 0.15) is 0 Å². The molecule has 0 atom stereocenters. The zero-order valence-corrected chi connectivity index (χ0v) is 20.8. The highest BCUT2D eigenvalue weighted by Gasteiger charge is 2.18. The van der Waals surface area contributed by atoms with Crippen LogP contribution in [0.25, 0.3) is 6.08 Å². The number of aryl methyl sites for hydroxylation is 1. The van der Waals surface area contributed by atoms with Crippen molar-refractivity contribution in [2.75, 3.05) is 20.0 Å². The molecule has 3 rings (SSSR count). The zero-order chi connectivity index (χ0) is 26.9. The van der Waals surface area contributed by atoms with Crippen molar-refractivity contribution in [1.29, 1.82) is 0 Å². The predicted molar refractivity (Wildman–Crippen MR) is 137 cm³/mol. The molecule has 0 fully saturated rings. The number of carbonyl (C=O) groups excluding carboxylic acids is 2. The molecule has 0 saturated carbocycles. The molecule has 11 heteroatoms. The number of carbonyl (C=O) groups is 2. The summed E-state index contributed by atoms with van der Waals surface area (Å²) >= 11 is 0.